The highest BCUT2D eigenvalue weighted by atomic mass is 79.9. The van der Waals surface area contributed by atoms with E-state index in [-0.39, 0.29) is 35.0 Å². The molecule has 2 atom stereocenters. The summed E-state index contributed by atoms with van der Waals surface area (Å²) in [4.78, 5) is 56.5. The third kappa shape index (κ3) is 5.05. The average Bonchev–Trinajstić information content (AvgIpc) is 3.39. The smallest absolute Gasteiger partial charge is 0.291 e. The number of aromatic nitrogens is 1. The van der Waals surface area contributed by atoms with E-state index < -0.39 is 5.91 Å². The summed E-state index contributed by atoms with van der Waals surface area (Å²) in [6.07, 6.45) is 1.00. The van der Waals surface area contributed by atoms with Crippen LogP contribution in [0.4, 0.5) is 11.4 Å². The topological polar surface area (TPSA) is 108 Å². The van der Waals surface area contributed by atoms with E-state index in [9.17, 15) is 19.2 Å². The molecule has 3 aliphatic rings. The van der Waals surface area contributed by atoms with Crippen molar-refractivity contribution in [3.05, 3.63) is 80.6 Å². The lowest BCUT2D eigenvalue weighted by molar-refractivity contribution is -0.130. The largest absolute Gasteiger partial charge is 0.444 e. The van der Waals surface area contributed by atoms with Crippen LogP contribution < -0.4 is 15.8 Å². The fraction of sp³-hybridized carbons (Fsp3) is 0.379. The second kappa shape index (κ2) is 10.6. The zero-order valence-electron chi connectivity index (χ0n) is 22.1. The number of hydrogen-bond donors (Lipinski definition) is 1. The fourth-order valence-corrected chi connectivity index (χ4v) is 6.47. The number of pyridine rings is 1. The molecule has 0 saturated carbocycles. The van der Waals surface area contributed by atoms with Crippen LogP contribution in [0.2, 0.25) is 0 Å². The van der Waals surface area contributed by atoms with Crippen LogP contribution in [0.3, 0.4) is 0 Å². The molecule has 2 unspecified atom stereocenters. The van der Waals surface area contributed by atoms with Crippen molar-refractivity contribution in [2.24, 2.45) is 5.92 Å². The van der Waals surface area contributed by atoms with Crippen molar-refractivity contribution in [3.63, 3.8) is 0 Å². The van der Waals surface area contributed by atoms with Crippen LogP contribution >= 0.6 is 15.9 Å². The molecule has 40 heavy (non-hydrogen) atoms. The van der Waals surface area contributed by atoms with Crippen molar-refractivity contribution in [3.8, 4) is 0 Å². The number of halogens is 1. The van der Waals surface area contributed by atoms with Gasteiger partial charge in [0.05, 0.1) is 11.4 Å². The minimum Gasteiger partial charge on any atom is -0.444 e. The van der Waals surface area contributed by atoms with Crippen LogP contribution in [0.5, 0.6) is 0 Å². The molecule has 5 heterocycles. The third-order valence-corrected chi connectivity index (χ3v) is 8.55. The van der Waals surface area contributed by atoms with Crippen LogP contribution in [-0.4, -0.2) is 71.4 Å². The maximum atomic E-state index is 13.4. The van der Waals surface area contributed by atoms with Crippen LogP contribution in [0.25, 0.3) is 0 Å². The highest BCUT2D eigenvalue weighted by molar-refractivity contribution is 9.10. The van der Waals surface area contributed by atoms with Crippen molar-refractivity contribution in [1.82, 2.24) is 14.4 Å². The Morgan fingerprint density at radius 1 is 0.950 bits per heavy atom. The molecular weight excluding hydrogens is 578 g/mol. The van der Waals surface area contributed by atoms with Gasteiger partial charge in [-0.05, 0) is 64.7 Å². The Bertz CT molecular complexity index is 1540. The first-order chi connectivity index (χ1) is 19.3. The van der Waals surface area contributed by atoms with Gasteiger partial charge in [0.15, 0.2) is 10.4 Å². The van der Waals surface area contributed by atoms with Gasteiger partial charge in [-0.1, -0.05) is 6.07 Å². The van der Waals surface area contributed by atoms with Gasteiger partial charge in [0.25, 0.3) is 17.4 Å². The van der Waals surface area contributed by atoms with Crippen LogP contribution in [0, 0.1) is 5.92 Å². The van der Waals surface area contributed by atoms with Gasteiger partial charge in [-0.3, -0.25) is 19.2 Å². The number of nitrogens with zero attached hydrogens (tertiary/aromatic N) is 4. The summed E-state index contributed by atoms with van der Waals surface area (Å²) in [5.74, 6) is 0.0683. The molecule has 0 spiro atoms. The second-order valence-corrected chi connectivity index (χ2v) is 11.5. The molecule has 1 N–H and O–H groups in total. The van der Waals surface area contributed by atoms with E-state index in [2.05, 4.69) is 26.1 Å². The van der Waals surface area contributed by atoms with Crippen LogP contribution in [-0.2, 0) is 11.3 Å². The van der Waals surface area contributed by atoms with Crippen LogP contribution in [0.15, 0.2) is 62.4 Å². The minimum atomic E-state index is -0.416. The quantitative estimate of drug-likeness (QED) is 0.487. The van der Waals surface area contributed by atoms with Gasteiger partial charge >= 0.3 is 0 Å². The molecule has 10 nitrogen and oxygen atoms in total. The molecule has 3 aliphatic heterocycles. The number of rotatable bonds is 4. The Morgan fingerprint density at radius 2 is 1.73 bits per heavy atom. The number of nitrogens with one attached hydrogen (secondary N) is 1. The van der Waals surface area contributed by atoms with E-state index in [1.807, 2.05) is 22.8 Å². The summed E-state index contributed by atoms with van der Waals surface area (Å²) in [6.45, 7) is 5.52. The lowest BCUT2D eigenvalue weighted by atomic mass is 9.83. The predicted octanol–water partition coefficient (Wildman–Crippen LogP) is 3.38. The Balaban J connectivity index is 1.30. The van der Waals surface area contributed by atoms with Gasteiger partial charge in [0.2, 0.25) is 5.91 Å². The molecule has 3 aromatic rings. The number of piperazine rings is 1. The zero-order valence-corrected chi connectivity index (χ0v) is 23.7. The normalized spacial score (nSPS) is 20.2. The van der Waals surface area contributed by atoms with E-state index >= 15 is 0 Å². The first-order valence-electron chi connectivity index (χ1n) is 13.5. The molecule has 2 aromatic heterocycles. The van der Waals surface area contributed by atoms with Crippen molar-refractivity contribution in [2.75, 3.05) is 49.5 Å². The number of carbonyl (C=O) groups excluding carboxylic acids is 3. The Morgan fingerprint density at radius 3 is 2.45 bits per heavy atom. The molecule has 6 rings (SSSR count). The number of carbonyl (C=O) groups is 3. The van der Waals surface area contributed by atoms with Gasteiger partial charge < -0.3 is 29.0 Å². The molecule has 2 saturated heterocycles. The van der Waals surface area contributed by atoms with Gasteiger partial charge in [-0.15, -0.1) is 0 Å². The van der Waals surface area contributed by atoms with Crippen molar-refractivity contribution in [2.45, 2.75) is 25.8 Å². The van der Waals surface area contributed by atoms with Crippen molar-refractivity contribution >= 4 is 45.0 Å². The summed E-state index contributed by atoms with van der Waals surface area (Å²) in [7, 11) is 0. The summed E-state index contributed by atoms with van der Waals surface area (Å²) in [6, 6.07) is 14.1. The second-order valence-electron chi connectivity index (χ2n) is 10.7. The zero-order chi connectivity index (χ0) is 28.0. The standard InChI is InChI=1S/C29H30BrN5O5/c1-18(36)32-9-11-33(12-10-32)29(39)20-5-6-24(22(14-20)31-28(38)25-7-8-26(30)40-25)34-15-19-13-21(17-34)23-3-2-4-27(37)35(23)16-19/h2-8,14,19,21H,9-13,15-17H2,1H3,(H,31,38). The van der Waals surface area contributed by atoms with Gasteiger partial charge in [0, 0.05) is 76.0 Å². The van der Waals surface area contributed by atoms with E-state index in [0.717, 1.165) is 24.3 Å². The maximum Gasteiger partial charge on any atom is 0.291 e. The molecule has 0 radical (unpaired) electrons. The Labute approximate surface area is 239 Å². The highest BCUT2D eigenvalue weighted by Crippen LogP contribution is 2.39. The van der Waals surface area contributed by atoms with Gasteiger partial charge in [0.1, 0.15) is 0 Å². The lowest BCUT2D eigenvalue weighted by Crippen LogP contribution is -2.50. The Hall–Kier alpha value is -3.86. The molecule has 0 aliphatic carbocycles. The van der Waals surface area contributed by atoms with Crippen molar-refractivity contribution < 1.29 is 18.8 Å². The summed E-state index contributed by atoms with van der Waals surface area (Å²) < 4.78 is 7.81. The van der Waals surface area contributed by atoms with E-state index in [1.54, 1.807) is 40.1 Å². The van der Waals surface area contributed by atoms with Crippen molar-refractivity contribution in [1.29, 1.82) is 0 Å². The summed E-state index contributed by atoms with van der Waals surface area (Å²) in [5.41, 5.74) is 2.88. The maximum absolute atomic E-state index is 13.4. The number of hydrogen-bond acceptors (Lipinski definition) is 6. The summed E-state index contributed by atoms with van der Waals surface area (Å²) >= 11 is 3.24. The average molecular weight is 608 g/mol. The number of anilines is 2. The number of amides is 3. The molecule has 208 valence electrons. The fourth-order valence-electron chi connectivity index (χ4n) is 6.17. The summed E-state index contributed by atoms with van der Waals surface area (Å²) in [5, 5.41) is 2.98. The molecule has 2 bridgehead atoms. The SMILES string of the molecule is CC(=O)N1CCN(C(=O)c2ccc(N3CC4CC(C3)c3cccc(=O)n3C4)c(NC(=O)c3ccc(Br)o3)c2)CC1. The first kappa shape index (κ1) is 26.4. The van der Waals surface area contributed by atoms with E-state index in [0.29, 0.717) is 55.2 Å². The third-order valence-electron chi connectivity index (χ3n) is 8.12. The predicted molar refractivity (Wildman–Crippen MR) is 153 cm³/mol. The molecule has 3 amide bonds. The number of fused-ring (bicyclic) bond motifs is 4. The van der Waals surface area contributed by atoms with Gasteiger partial charge in [-0.2, -0.15) is 0 Å². The van der Waals surface area contributed by atoms with Crippen LogP contribution in [0.1, 0.15) is 45.9 Å². The van der Waals surface area contributed by atoms with E-state index in [1.165, 1.54) is 6.92 Å². The molecule has 1 aromatic carbocycles. The minimum absolute atomic E-state index is 0.00445. The molecule has 11 heteroatoms. The molecule has 2 fully saturated rings. The lowest BCUT2D eigenvalue weighted by Gasteiger charge is -2.44. The Kier molecular flexibility index (Phi) is 6.99. The van der Waals surface area contributed by atoms with Gasteiger partial charge in [-0.25, -0.2) is 0 Å². The monoisotopic (exact) mass is 607 g/mol. The molecular formula is C29H30BrN5O5. The van der Waals surface area contributed by atoms with E-state index in [4.69, 9.17) is 4.42 Å². The highest BCUT2D eigenvalue weighted by Gasteiger charge is 2.35. The number of benzene rings is 1. The first-order valence-corrected chi connectivity index (χ1v) is 14.3. The number of furan rings is 1. The number of piperidine rings is 1.